The molecule has 1 aliphatic heterocycles. The largest absolute Gasteiger partial charge is 0.415 e. The summed E-state index contributed by atoms with van der Waals surface area (Å²) in [6.45, 7) is 1.70. The zero-order valence-corrected chi connectivity index (χ0v) is 16.5. The van der Waals surface area contributed by atoms with E-state index in [2.05, 4.69) is 20.5 Å². The summed E-state index contributed by atoms with van der Waals surface area (Å²) in [5, 5.41) is 10.0. The fourth-order valence-corrected chi connectivity index (χ4v) is 3.21. The number of pyridine rings is 1. The third-order valence-electron chi connectivity index (χ3n) is 5.09. The van der Waals surface area contributed by atoms with Crippen LogP contribution in [-0.4, -0.2) is 47.8 Å². The summed E-state index contributed by atoms with van der Waals surface area (Å²) >= 11 is 0. The normalized spacial score (nSPS) is 13.8. The molecule has 1 N–H and O–H groups in total. The molecule has 1 amide bonds. The SMILES string of the molecule is CN(c1ccc(F)cc1N(C=O)Cc1ccc(-c2nnc(C(F)F)o2)cn1)C1CNC1. The lowest BCUT2D eigenvalue weighted by Crippen LogP contribution is -2.56. The Morgan fingerprint density at radius 3 is 2.61 bits per heavy atom. The molecule has 1 saturated heterocycles. The maximum atomic E-state index is 14.0. The number of halogens is 3. The van der Waals surface area contributed by atoms with Gasteiger partial charge in [0.15, 0.2) is 0 Å². The van der Waals surface area contributed by atoms with Gasteiger partial charge in [0.05, 0.1) is 35.2 Å². The third-order valence-corrected chi connectivity index (χ3v) is 5.09. The molecular formula is C20H19F3N6O2. The molecule has 3 heterocycles. The first-order valence-corrected chi connectivity index (χ1v) is 9.48. The van der Waals surface area contributed by atoms with Gasteiger partial charge in [-0.2, -0.15) is 8.78 Å². The van der Waals surface area contributed by atoms with Crippen molar-refractivity contribution in [2.24, 2.45) is 0 Å². The Hall–Kier alpha value is -3.47. The van der Waals surface area contributed by atoms with Crippen molar-refractivity contribution >= 4 is 17.8 Å². The van der Waals surface area contributed by atoms with E-state index in [0.717, 1.165) is 18.8 Å². The maximum absolute atomic E-state index is 14.0. The quantitative estimate of drug-likeness (QED) is 0.548. The molecule has 0 spiro atoms. The van der Waals surface area contributed by atoms with Crippen molar-refractivity contribution in [3.8, 4) is 11.5 Å². The molecule has 162 valence electrons. The lowest BCUT2D eigenvalue weighted by Gasteiger charge is -2.38. The Balaban J connectivity index is 1.55. The van der Waals surface area contributed by atoms with E-state index in [0.29, 0.717) is 23.4 Å². The van der Waals surface area contributed by atoms with Crippen molar-refractivity contribution in [2.45, 2.75) is 19.0 Å². The van der Waals surface area contributed by atoms with Gasteiger partial charge in [-0.25, -0.2) is 4.39 Å². The lowest BCUT2D eigenvalue weighted by molar-refractivity contribution is -0.107. The summed E-state index contributed by atoms with van der Waals surface area (Å²) in [5.74, 6) is -1.30. The molecule has 0 atom stereocenters. The number of hydrogen-bond acceptors (Lipinski definition) is 7. The molecule has 3 aromatic rings. The summed E-state index contributed by atoms with van der Waals surface area (Å²) in [4.78, 5) is 19.5. The van der Waals surface area contributed by atoms with Crippen molar-refractivity contribution in [3.05, 3.63) is 53.9 Å². The number of benzene rings is 1. The van der Waals surface area contributed by atoms with E-state index < -0.39 is 18.1 Å². The van der Waals surface area contributed by atoms with Crippen molar-refractivity contribution in [2.75, 3.05) is 29.9 Å². The molecule has 1 fully saturated rings. The van der Waals surface area contributed by atoms with Crippen LogP contribution in [0.1, 0.15) is 18.0 Å². The fraction of sp³-hybridized carbons (Fsp3) is 0.300. The van der Waals surface area contributed by atoms with Crippen LogP contribution in [0.3, 0.4) is 0 Å². The average molecular weight is 432 g/mol. The van der Waals surface area contributed by atoms with Crippen LogP contribution >= 0.6 is 0 Å². The molecule has 1 aliphatic rings. The monoisotopic (exact) mass is 432 g/mol. The maximum Gasteiger partial charge on any atom is 0.314 e. The lowest BCUT2D eigenvalue weighted by atomic mass is 10.1. The van der Waals surface area contributed by atoms with Gasteiger partial charge in [0, 0.05) is 26.3 Å². The van der Waals surface area contributed by atoms with Gasteiger partial charge in [0.2, 0.25) is 12.3 Å². The van der Waals surface area contributed by atoms with Gasteiger partial charge in [-0.05, 0) is 30.3 Å². The van der Waals surface area contributed by atoms with Gasteiger partial charge < -0.3 is 19.5 Å². The Kier molecular flexibility index (Phi) is 5.85. The van der Waals surface area contributed by atoms with E-state index in [1.165, 1.54) is 23.2 Å². The molecule has 11 heteroatoms. The van der Waals surface area contributed by atoms with Crippen LogP contribution in [0.2, 0.25) is 0 Å². The summed E-state index contributed by atoms with van der Waals surface area (Å²) < 4.78 is 44.1. The molecule has 0 aliphatic carbocycles. The number of amides is 1. The number of carbonyl (C=O) groups is 1. The summed E-state index contributed by atoms with van der Waals surface area (Å²) in [6, 6.07) is 7.75. The minimum atomic E-state index is -2.86. The average Bonchev–Trinajstić information content (AvgIpc) is 3.21. The smallest absolute Gasteiger partial charge is 0.314 e. The molecule has 4 rings (SSSR count). The third kappa shape index (κ3) is 4.36. The van der Waals surface area contributed by atoms with Crippen LogP contribution in [0.25, 0.3) is 11.5 Å². The number of nitrogens with one attached hydrogen (secondary N) is 1. The first kappa shape index (κ1) is 20.8. The molecule has 31 heavy (non-hydrogen) atoms. The van der Waals surface area contributed by atoms with E-state index in [1.54, 1.807) is 18.2 Å². The van der Waals surface area contributed by atoms with Crippen molar-refractivity contribution in [1.29, 1.82) is 0 Å². The van der Waals surface area contributed by atoms with Gasteiger partial charge in [0.1, 0.15) is 5.82 Å². The Bertz CT molecular complexity index is 1060. The van der Waals surface area contributed by atoms with Crippen molar-refractivity contribution in [1.82, 2.24) is 20.5 Å². The second-order valence-electron chi connectivity index (χ2n) is 7.07. The van der Waals surface area contributed by atoms with Gasteiger partial charge in [-0.1, -0.05) is 0 Å². The van der Waals surface area contributed by atoms with Crippen LogP contribution in [-0.2, 0) is 11.3 Å². The molecule has 2 aromatic heterocycles. The van der Waals surface area contributed by atoms with E-state index >= 15 is 0 Å². The first-order chi connectivity index (χ1) is 15.0. The zero-order chi connectivity index (χ0) is 22.0. The number of hydrogen-bond donors (Lipinski definition) is 1. The molecule has 0 radical (unpaired) electrons. The Morgan fingerprint density at radius 1 is 1.23 bits per heavy atom. The van der Waals surface area contributed by atoms with Crippen molar-refractivity contribution in [3.63, 3.8) is 0 Å². The molecule has 8 nitrogen and oxygen atoms in total. The Labute approximate surface area is 175 Å². The summed E-state index contributed by atoms with van der Waals surface area (Å²) in [5.41, 5.74) is 2.02. The molecule has 0 bridgehead atoms. The molecular weight excluding hydrogens is 413 g/mol. The number of likely N-dealkylation sites (N-methyl/N-ethyl adjacent to an activating group) is 1. The highest BCUT2D eigenvalue weighted by Crippen LogP contribution is 2.32. The highest BCUT2D eigenvalue weighted by Gasteiger charge is 2.25. The predicted octanol–water partition coefficient (Wildman–Crippen LogP) is 2.78. The van der Waals surface area contributed by atoms with E-state index in [9.17, 15) is 18.0 Å². The van der Waals surface area contributed by atoms with Crippen LogP contribution in [0, 0.1) is 5.82 Å². The highest BCUT2D eigenvalue weighted by molar-refractivity contribution is 5.84. The minimum absolute atomic E-state index is 0.0789. The van der Waals surface area contributed by atoms with Crippen LogP contribution in [0.15, 0.2) is 40.9 Å². The topological polar surface area (TPSA) is 87.4 Å². The van der Waals surface area contributed by atoms with E-state index in [-0.39, 0.29) is 18.5 Å². The van der Waals surface area contributed by atoms with E-state index in [1.807, 2.05) is 11.9 Å². The fourth-order valence-electron chi connectivity index (χ4n) is 3.21. The zero-order valence-electron chi connectivity index (χ0n) is 16.5. The van der Waals surface area contributed by atoms with Gasteiger partial charge in [0.25, 0.3) is 5.89 Å². The number of alkyl halides is 2. The minimum Gasteiger partial charge on any atom is -0.415 e. The van der Waals surface area contributed by atoms with E-state index in [4.69, 9.17) is 4.42 Å². The standard InChI is InChI=1S/C20H19F3N6O2/c1-28(15-8-24-9-15)16-5-3-13(21)6-17(16)29(11-30)10-14-4-2-12(7-25-14)19-26-27-20(31-19)18(22)23/h2-7,11,15,18,24H,8-10H2,1H3. The number of carbonyl (C=O) groups excluding carboxylic acids is 1. The van der Waals surface area contributed by atoms with Gasteiger partial charge >= 0.3 is 6.43 Å². The molecule has 0 saturated carbocycles. The van der Waals surface area contributed by atoms with Crippen LogP contribution in [0.4, 0.5) is 24.5 Å². The Morgan fingerprint density at radius 2 is 2.03 bits per heavy atom. The predicted molar refractivity (Wildman–Crippen MR) is 106 cm³/mol. The summed E-state index contributed by atoms with van der Waals surface area (Å²) in [7, 11) is 1.90. The van der Waals surface area contributed by atoms with Gasteiger partial charge in [-0.15, -0.1) is 10.2 Å². The second kappa shape index (κ2) is 8.72. The van der Waals surface area contributed by atoms with Crippen LogP contribution in [0.5, 0.6) is 0 Å². The summed E-state index contributed by atoms with van der Waals surface area (Å²) in [6.07, 6.45) is -0.850. The molecule has 1 aromatic carbocycles. The van der Waals surface area contributed by atoms with Gasteiger partial charge in [-0.3, -0.25) is 9.78 Å². The first-order valence-electron chi connectivity index (χ1n) is 9.48. The van der Waals surface area contributed by atoms with Crippen LogP contribution < -0.4 is 15.1 Å². The number of nitrogens with zero attached hydrogens (tertiary/aromatic N) is 5. The number of aromatic nitrogens is 3. The number of anilines is 2. The van der Waals surface area contributed by atoms with Crippen molar-refractivity contribution < 1.29 is 22.4 Å². The number of rotatable bonds is 8. The highest BCUT2D eigenvalue weighted by atomic mass is 19.3. The molecule has 0 unspecified atom stereocenters. The second-order valence-corrected chi connectivity index (χ2v) is 7.07.